The molecule has 30 heavy (non-hydrogen) atoms. The summed E-state index contributed by atoms with van der Waals surface area (Å²) in [5.74, 6) is -0.853. The summed E-state index contributed by atoms with van der Waals surface area (Å²) in [6.07, 6.45) is 0.251. The Morgan fingerprint density at radius 3 is 2.60 bits per heavy atom. The fourth-order valence-corrected chi connectivity index (χ4v) is 4.26. The van der Waals surface area contributed by atoms with Crippen LogP contribution in [0.3, 0.4) is 0 Å². The second-order valence-electron chi connectivity index (χ2n) is 7.62. The summed E-state index contributed by atoms with van der Waals surface area (Å²) in [5, 5.41) is 18.7. The molecule has 2 heterocycles. The first-order valence-electron chi connectivity index (χ1n) is 9.74. The van der Waals surface area contributed by atoms with E-state index in [1.54, 1.807) is 36.9 Å². The molecule has 0 saturated carbocycles. The van der Waals surface area contributed by atoms with E-state index in [0.717, 1.165) is 5.56 Å². The van der Waals surface area contributed by atoms with Gasteiger partial charge in [0, 0.05) is 22.8 Å². The number of rotatable bonds is 6. The molecule has 2 N–H and O–H groups in total. The molecule has 1 aliphatic heterocycles. The fraction of sp³-hybridized carbons (Fsp3) is 0.261. The first-order valence-corrected chi connectivity index (χ1v) is 10.1. The smallest absolute Gasteiger partial charge is 0.264 e. The highest BCUT2D eigenvalue weighted by Gasteiger charge is 2.51. The molecule has 0 fully saturated rings. The molecule has 154 valence electrons. The third kappa shape index (κ3) is 3.42. The zero-order chi connectivity index (χ0) is 21.5. The number of carbonyl (C=O) groups is 2. The average molecular weight is 424 g/mol. The lowest BCUT2D eigenvalue weighted by Crippen LogP contribution is -2.42. The molecule has 7 heteroatoms. The van der Waals surface area contributed by atoms with E-state index < -0.39 is 11.5 Å². The summed E-state index contributed by atoms with van der Waals surface area (Å²) in [6.45, 7) is 3.84. The number of H-pyrrole nitrogens is 1. The molecular formula is C23H22ClN3O3. The van der Waals surface area contributed by atoms with Gasteiger partial charge in [0.05, 0.1) is 23.4 Å². The Labute approximate surface area is 179 Å². The van der Waals surface area contributed by atoms with Crippen LogP contribution in [0.15, 0.2) is 48.5 Å². The molecule has 0 spiro atoms. The first kappa shape index (κ1) is 20.3. The number of amides is 1. The van der Waals surface area contributed by atoms with Gasteiger partial charge in [-0.1, -0.05) is 41.9 Å². The summed E-state index contributed by atoms with van der Waals surface area (Å²) in [7, 11) is 0. The van der Waals surface area contributed by atoms with Gasteiger partial charge in [-0.2, -0.15) is 5.10 Å². The molecule has 1 atom stereocenters. The van der Waals surface area contributed by atoms with Crippen molar-refractivity contribution >= 4 is 29.0 Å². The van der Waals surface area contributed by atoms with Crippen molar-refractivity contribution in [2.24, 2.45) is 0 Å². The van der Waals surface area contributed by atoms with Gasteiger partial charge in [0.2, 0.25) is 0 Å². The van der Waals surface area contributed by atoms with Gasteiger partial charge in [0.1, 0.15) is 0 Å². The summed E-state index contributed by atoms with van der Waals surface area (Å²) < 4.78 is 0. The van der Waals surface area contributed by atoms with Gasteiger partial charge >= 0.3 is 0 Å². The van der Waals surface area contributed by atoms with Gasteiger partial charge in [0.25, 0.3) is 5.91 Å². The van der Waals surface area contributed by atoms with Crippen molar-refractivity contribution in [2.45, 2.75) is 32.3 Å². The predicted molar refractivity (Wildman–Crippen MR) is 115 cm³/mol. The van der Waals surface area contributed by atoms with Gasteiger partial charge in [-0.3, -0.25) is 14.7 Å². The molecule has 1 aromatic heterocycles. The average Bonchev–Trinajstić information content (AvgIpc) is 3.16. The minimum absolute atomic E-state index is 0.342. The quantitative estimate of drug-likeness (QED) is 0.591. The van der Waals surface area contributed by atoms with E-state index in [4.69, 9.17) is 11.6 Å². The van der Waals surface area contributed by atoms with Crippen molar-refractivity contribution in [3.63, 3.8) is 0 Å². The molecule has 0 saturated heterocycles. The topological polar surface area (TPSA) is 86.3 Å². The Hall–Kier alpha value is -2.96. The number of halogens is 1. The summed E-state index contributed by atoms with van der Waals surface area (Å²) in [4.78, 5) is 27.9. The molecule has 6 nitrogen and oxygen atoms in total. The number of anilines is 1. The van der Waals surface area contributed by atoms with E-state index in [9.17, 15) is 14.7 Å². The maximum atomic E-state index is 13.3. The Kier molecular flexibility index (Phi) is 5.22. The lowest BCUT2D eigenvalue weighted by atomic mass is 9.87. The Morgan fingerprint density at radius 2 is 1.93 bits per heavy atom. The van der Waals surface area contributed by atoms with Crippen LogP contribution in [0.1, 0.15) is 39.3 Å². The van der Waals surface area contributed by atoms with Crippen molar-refractivity contribution in [3.8, 4) is 0 Å². The van der Waals surface area contributed by atoms with Crippen LogP contribution in [0.25, 0.3) is 0 Å². The van der Waals surface area contributed by atoms with Crippen LogP contribution < -0.4 is 4.90 Å². The summed E-state index contributed by atoms with van der Waals surface area (Å²) >= 11 is 6.16. The number of aromatic amines is 1. The monoisotopic (exact) mass is 423 g/mol. The molecule has 1 aliphatic rings. The Morgan fingerprint density at radius 1 is 1.20 bits per heavy atom. The molecule has 0 bridgehead atoms. The number of aromatic nitrogens is 2. The molecule has 0 unspecified atom stereocenters. The number of aliphatic hydroxyl groups is 1. The highest BCUT2D eigenvalue weighted by atomic mass is 35.5. The van der Waals surface area contributed by atoms with Crippen LogP contribution in [0, 0.1) is 13.8 Å². The number of Topliss-reactive ketones (excluding diaryl/α,β-unsaturated/α-hetero) is 1. The van der Waals surface area contributed by atoms with Crippen molar-refractivity contribution in [3.05, 3.63) is 81.6 Å². The zero-order valence-electron chi connectivity index (χ0n) is 16.8. The van der Waals surface area contributed by atoms with Crippen molar-refractivity contribution in [1.82, 2.24) is 10.2 Å². The van der Waals surface area contributed by atoms with Gasteiger partial charge in [-0.25, -0.2) is 0 Å². The van der Waals surface area contributed by atoms with Crippen LogP contribution in [0.5, 0.6) is 0 Å². The lowest BCUT2D eigenvalue weighted by Gasteiger charge is -2.23. The van der Waals surface area contributed by atoms with Gasteiger partial charge in [-0.15, -0.1) is 0 Å². The number of aryl methyl sites for hydroxylation is 2. The number of benzene rings is 2. The van der Waals surface area contributed by atoms with Crippen LogP contribution in [0.4, 0.5) is 5.69 Å². The lowest BCUT2D eigenvalue weighted by molar-refractivity contribution is -0.135. The van der Waals surface area contributed by atoms with Crippen LogP contribution in [0.2, 0.25) is 5.02 Å². The second-order valence-corrected chi connectivity index (χ2v) is 8.06. The van der Waals surface area contributed by atoms with Crippen LogP contribution >= 0.6 is 11.6 Å². The number of nitrogens with zero attached hydrogens (tertiary/aromatic N) is 2. The number of carbonyl (C=O) groups excluding carboxylic acids is 2. The van der Waals surface area contributed by atoms with E-state index in [1.165, 1.54) is 0 Å². The van der Waals surface area contributed by atoms with Crippen LogP contribution in [-0.4, -0.2) is 33.5 Å². The highest BCUT2D eigenvalue weighted by molar-refractivity contribution is 6.31. The number of fused-ring (bicyclic) bond motifs is 1. The number of hydrogen-bond acceptors (Lipinski definition) is 4. The van der Waals surface area contributed by atoms with E-state index in [-0.39, 0.29) is 12.2 Å². The number of nitrogens with one attached hydrogen (secondary N) is 1. The minimum Gasteiger partial charge on any atom is -0.375 e. The Bertz CT molecular complexity index is 1110. The normalized spacial score (nSPS) is 18.0. The number of hydrogen-bond donors (Lipinski definition) is 2. The van der Waals surface area contributed by atoms with Gasteiger partial charge < -0.3 is 10.0 Å². The van der Waals surface area contributed by atoms with Gasteiger partial charge in [0.15, 0.2) is 11.4 Å². The SMILES string of the molecule is Cc1n[nH]c(C)c1C(=O)C[C@]1(O)C(=O)N(CCc2ccccc2)c2ccc(Cl)cc21. The second kappa shape index (κ2) is 7.70. The van der Waals surface area contributed by atoms with Crippen molar-refractivity contribution in [2.75, 3.05) is 11.4 Å². The largest absolute Gasteiger partial charge is 0.375 e. The first-order chi connectivity index (χ1) is 14.3. The Balaban J connectivity index is 1.67. The van der Waals surface area contributed by atoms with Gasteiger partial charge in [-0.05, 0) is 44.0 Å². The standard InChI is InChI=1S/C23H22ClN3O3/c1-14-21(15(2)26-25-14)20(28)13-23(30)18-12-17(24)8-9-19(18)27(22(23)29)11-10-16-6-4-3-5-7-16/h3-9,12,30H,10-11,13H2,1-2H3,(H,25,26)/t23-/m1/s1. The molecule has 1 amide bonds. The highest BCUT2D eigenvalue weighted by Crippen LogP contribution is 2.44. The summed E-state index contributed by atoms with van der Waals surface area (Å²) in [6, 6.07) is 14.8. The molecule has 0 radical (unpaired) electrons. The maximum absolute atomic E-state index is 13.3. The van der Waals surface area contributed by atoms with Crippen LogP contribution in [-0.2, 0) is 16.8 Å². The van der Waals surface area contributed by atoms with E-state index in [0.29, 0.717) is 46.2 Å². The summed E-state index contributed by atoms with van der Waals surface area (Å²) in [5.41, 5.74) is 1.61. The molecular weight excluding hydrogens is 402 g/mol. The maximum Gasteiger partial charge on any atom is 0.264 e. The fourth-order valence-electron chi connectivity index (χ4n) is 4.08. The molecule has 3 aromatic rings. The molecule has 0 aliphatic carbocycles. The number of ketones is 1. The third-order valence-electron chi connectivity index (χ3n) is 5.58. The minimum atomic E-state index is -1.97. The van der Waals surface area contributed by atoms with E-state index in [2.05, 4.69) is 10.2 Å². The molecule has 2 aromatic carbocycles. The molecule has 4 rings (SSSR count). The zero-order valence-corrected chi connectivity index (χ0v) is 17.5. The third-order valence-corrected chi connectivity index (χ3v) is 5.82. The van der Waals surface area contributed by atoms with Crippen molar-refractivity contribution in [1.29, 1.82) is 0 Å². The van der Waals surface area contributed by atoms with Crippen molar-refractivity contribution < 1.29 is 14.7 Å². The van der Waals surface area contributed by atoms with E-state index in [1.807, 2.05) is 30.3 Å². The predicted octanol–water partition coefficient (Wildman–Crippen LogP) is 3.73. The van der Waals surface area contributed by atoms with E-state index >= 15 is 0 Å².